The summed E-state index contributed by atoms with van der Waals surface area (Å²) in [5, 5.41) is 0. The second-order valence-corrected chi connectivity index (χ2v) is 2.18. The van der Waals surface area contributed by atoms with Crippen LogP contribution in [-0.2, 0) is 0 Å². The number of methoxy groups -OCH3 is 1. The number of hydrogen-bond donors (Lipinski definition) is 0. The quantitative estimate of drug-likeness (QED) is 0.702. The standard InChI is InChI=1S/C7H5F4NO2/c1-13-4-2-3-12-6(5(4)8)14-7(9,10)11/h2-3H,1H3. The van der Waals surface area contributed by atoms with E-state index >= 15 is 0 Å². The molecule has 0 bridgehead atoms. The molecule has 1 aromatic rings. The maximum Gasteiger partial charge on any atom is 0.574 e. The fourth-order valence-electron chi connectivity index (χ4n) is 0.746. The molecule has 78 valence electrons. The van der Waals surface area contributed by atoms with E-state index in [1.165, 1.54) is 0 Å². The molecule has 0 aromatic carbocycles. The number of hydrogen-bond acceptors (Lipinski definition) is 3. The highest BCUT2D eigenvalue weighted by atomic mass is 19.4. The highest BCUT2D eigenvalue weighted by molar-refractivity contribution is 5.29. The van der Waals surface area contributed by atoms with Gasteiger partial charge >= 0.3 is 6.36 Å². The summed E-state index contributed by atoms with van der Waals surface area (Å²) in [6.45, 7) is 0. The van der Waals surface area contributed by atoms with Crippen LogP contribution >= 0.6 is 0 Å². The van der Waals surface area contributed by atoms with Crippen molar-refractivity contribution >= 4 is 0 Å². The monoisotopic (exact) mass is 211 g/mol. The first kappa shape index (κ1) is 10.6. The van der Waals surface area contributed by atoms with Gasteiger partial charge in [-0.15, -0.1) is 13.2 Å². The van der Waals surface area contributed by atoms with Gasteiger partial charge in [0.15, 0.2) is 5.75 Å². The molecule has 0 saturated heterocycles. The second kappa shape index (κ2) is 3.69. The van der Waals surface area contributed by atoms with Crippen LogP contribution in [0.5, 0.6) is 11.6 Å². The lowest BCUT2D eigenvalue weighted by atomic mass is 10.4. The maximum atomic E-state index is 13.0. The summed E-state index contributed by atoms with van der Waals surface area (Å²) in [4.78, 5) is 3.08. The van der Waals surface area contributed by atoms with Gasteiger partial charge in [-0.05, 0) is 0 Å². The minimum Gasteiger partial charge on any atom is -0.493 e. The largest absolute Gasteiger partial charge is 0.574 e. The number of alkyl halides is 3. The summed E-state index contributed by atoms with van der Waals surface area (Å²) in [6, 6.07) is 1.08. The Labute approximate surface area is 76.3 Å². The van der Waals surface area contributed by atoms with Crippen molar-refractivity contribution in [2.75, 3.05) is 7.11 Å². The average Bonchev–Trinajstić information content (AvgIpc) is 2.06. The average molecular weight is 211 g/mol. The van der Waals surface area contributed by atoms with Gasteiger partial charge in [-0.1, -0.05) is 0 Å². The maximum absolute atomic E-state index is 13.0. The number of aromatic nitrogens is 1. The summed E-state index contributed by atoms with van der Waals surface area (Å²) in [5.41, 5.74) is 0. The van der Waals surface area contributed by atoms with Gasteiger partial charge in [-0.3, -0.25) is 0 Å². The van der Waals surface area contributed by atoms with Crippen molar-refractivity contribution in [1.29, 1.82) is 0 Å². The summed E-state index contributed by atoms with van der Waals surface area (Å²) in [5.74, 6) is -2.80. The van der Waals surface area contributed by atoms with Crippen LogP contribution in [-0.4, -0.2) is 18.5 Å². The number of nitrogens with zero attached hydrogens (tertiary/aromatic N) is 1. The van der Waals surface area contributed by atoms with Gasteiger partial charge in [-0.2, -0.15) is 4.39 Å². The first-order valence-corrected chi connectivity index (χ1v) is 3.38. The van der Waals surface area contributed by atoms with Crippen LogP contribution in [0.15, 0.2) is 12.3 Å². The first-order valence-electron chi connectivity index (χ1n) is 3.38. The lowest BCUT2D eigenvalue weighted by Crippen LogP contribution is -2.18. The molecule has 0 saturated carbocycles. The number of rotatable bonds is 2. The van der Waals surface area contributed by atoms with Gasteiger partial charge in [0.05, 0.1) is 7.11 Å². The van der Waals surface area contributed by atoms with Crippen LogP contribution < -0.4 is 9.47 Å². The highest BCUT2D eigenvalue weighted by Crippen LogP contribution is 2.28. The fraction of sp³-hybridized carbons (Fsp3) is 0.286. The number of halogens is 4. The molecule has 0 radical (unpaired) electrons. The van der Waals surface area contributed by atoms with E-state index in [2.05, 4.69) is 14.5 Å². The van der Waals surface area contributed by atoms with Gasteiger partial charge in [-0.25, -0.2) is 4.98 Å². The Morgan fingerprint density at radius 3 is 2.50 bits per heavy atom. The van der Waals surface area contributed by atoms with Crippen LogP contribution in [0.2, 0.25) is 0 Å². The first-order chi connectivity index (χ1) is 6.44. The van der Waals surface area contributed by atoms with Gasteiger partial charge < -0.3 is 9.47 Å². The Kier molecular flexibility index (Phi) is 2.78. The predicted octanol–water partition coefficient (Wildman–Crippen LogP) is 2.13. The van der Waals surface area contributed by atoms with E-state index in [9.17, 15) is 17.6 Å². The van der Waals surface area contributed by atoms with Crippen molar-refractivity contribution < 1.29 is 27.0 Å². The Hall–Kier alpha value is -1.53. The molecule has 0 aliphatic heterocycles. The number of ether oxygens (including phenoxy) is 2. The lowest BCUT2D eigenvalue weighted by Gasteiger charge is -2.09. The topological polar surface area (TPSA) is 31.4 Å². The number of pyridine rings is 1. The molecular weight excluding hydrogens is 206 g/mol. The third-order valence-electron chi connectivity index (χ3n) is 1.25. The van der Waals surface area contributed by atoms with E-state index in [1.54, 1.807) is 0 Å². The van der Waals surface area contributed by atoms with Crippen molar-refractivity contribution in [3.63, 3.8) is 0 Å². The molecule has 0 spiro atoms. The third kappa shape index (κ3) is 2.48. The Balaban J connectivity index is 2.98. The van der Waals surface area contributed by atoms with Gasteiger partial charge in [0.25, 0.3) is 5.88 Å². The molecule has 0 unspecified atom stereocenters. The summed E-state index contributed by atoms with van der Waals surface area (Å²) in [6.07, 6.45) is -4.02. The van der Waals surface area contributed by atoms with Crippen molar-refractivity contribution in [3.8, 4) is 11.6 Å². The molecule has 1 aromatic heterocycles. The molecule has 3 nitrogen and oxygen atoms in total. The minimum absolute atomic E-state index is 0.362. The summed E-state index contributed by atoms with van der Waals surface area (Å²) >= 11 is 0. The van der Waals surface area contributed by atoms with Crippen LogP contribution in [0.1, 0.15) is 0 Å². The van der Waals surface area contributed by atoms with E-state index < -0.39 is 18.1 Å². The lowest BCUT2D eigenvalue weighted by molar-refractivity contribution is -0.277. The molecule has 0 aliphatic rings. The molecule has 0 fully saturated rings. The SMILES string of the molecule is COc1ccnc(OC(F)(F)F)c1F. The molecule has 0 aliphatic carbocycles. The van der Waals surface area contributed by atoms with E-state index in [0.29, 0.717) is 0 Å². The summed E-state index contributed by atoms with van der Waals surface area (Å²) < 4.78 is 55.8. The molecule has 7 heteroatoms. The second-order valence-electron chi connectivity index (χ2n) is 2.18. The zero-order valence-corrected chi connectivity index (χ0v) is 6.93. The van der Waals surface area contributed by atoms with Crippen molar-refractivity contribution in [3.05, 3.63) is 18.1 Å². The molecular formula is C7H5F4NO2. The molecule has 1 rings (SSSR count). The fourth-order valence-corrected chi connectivity index (χ4v) is 0.746. The molecule has 0 N–H and O–H groups in total. The smallest absolute Gasteiger partial charge is 0.493 e. The van der Waals surface area contributed by atoms with Gasteiger partial charge in [0.1, 0.15) is 0 Å². The molecule has 14 heavy (non-hydrogen) atoms. The van der Waals surface area contributed by atoms with Gasteiger partial charge in [0.2, 0.25) is 5.82 Å². The van der Waals surface area contributed by atoms with Crippen LogP contribution in [0.4, 0.5) is 17.6 Å². The minimum atomic E-state index is -4.97. The normalized spacial score (nSPS) is 11.2. The highest BCUT2D eigenvalue weighted by Gasteiger charge is 2.33. The molecule has 0 amide bonds. The molecule has 0 atom stereocenters. The van der Waals surface area contributed by atoms with Crippen molar-refractivity contribution in [2.24, 2.45) is 0 Å². The molecule has 1 heterocycles. The Bertz CT molecular complexity index is 326. The van der Waals surface area contributed by atoms with Crippen LogP contribution in [0.25, 0.3) is 0 Å². The predicted molar refractivity (Wildman–Crippen MR) is 37.4 cm³/mol. The van der Waals surface area contributed by atoms with Crippen molar-refractivity contribution in [1.82, 2.24) is 4.98 Å². The Morgan fingerprint density at radius 1 is 1.36 bits per heavy atom. The van der Waals surface area contributed by atoms with Crippen LogP contribution in [0.3, 0.4) is 0 Å². The van der Waals surface area contributed by atoms with Crippen molar-refractivity contribution in [2.45, 2.75) is 6.36 Å². The van der Waals surface area contributed by atoms with E-state index in [1.807, 2.05) is 0 Å². The van der Waals surface area contributed by atoms with E-state index in [0.717, 1.165) is 19.4 Å². The third-order valence-corrected chi connectivity index (χ3v) is 1.25. The van der Waals surface area contributed by atoms with E-state index in [-0.39, 0.29) is 5.75 Å². The van der Waals surface area contributed by atoms with Crippen LogP contribution in [0, 0.1) is 5.82 Å². The van der Waals surface area contributed by atoms with Gasteiger partial charge in [0, 0.05) is 12.3 Å². The summed E-state index contributed by atoms with van der Waals surface area (Å²) in [7, 11) is 1.12. The zero-order valence-electron chi connectivity index (χ0n) is 6.93. The zero-order chi connectivity index (χ0) is 10.8. The Morgan fingerprint density at radius 2 is 2.00 bits per heavy atom. The van der Waals surface area contributed by atoms with E-state index in [4.69, 9.17) is 0 Å².